The Balaban J connectivity index is 0.000000439. The molecule has 1 atom stereocenters. The number of unbranched alkanes of at least 4 members (excludes halogenated alkanes) is 6. The number of nitrogens with zero attached hydrogens (tertiary/aromatic N) is 1. The van der Waals surface area contributed by atoms with Gasteiger partial charge in [-0.05, 0) is 137 Å². The summed E-state index contributed by atoms with van der Waals surface area (Å²) in [4.78, 5) is 33.0. The molecule has 0 amide bonds. The summed E-state index contributed by atoms with van der Waals surface area (Å²) >= 11 is 1.69. The Morgan fingerprint density at radius 3 is 1.69 bits per heavy atom. The fourth-order valence-corrected chi connectivity index (χ4v) is 7.33. The molecule has 68 heavy (non-hydrogen) atoms. The van der Waals surface area contributed by atoms with Crippen LogP contribution in [-0.2, 0) is 19.1 Å². The number of carbonyl (C=O) groups is 2. The first-order chi connectivity index (χ1) is 33.2. The van der Waals surface area contributed by atoms with Crippen LogP contribution in [0.25, 0.3) is 0 Å². The molecule has 0 aliphatic carbocycles. The highest BCUT2D eigenvalue weighted by atomic mass is 32.2. The van der Waals surface area contributed by atoms with E-state index in [1.165, 1.54) is 4.90 Å². The number of esters is 1. The molecule has 13 nitrogen and oxygen atoms in total. The topological polar surface area (TPSA) is 141 Å². The van der Waals surface area contributed by atoms with E-state index in [2.05, 4.69) is 22.9 Å². The summed E-state index contributed by atoms with van der Waals surface area (Å²) in [5.74, 6) is 2.84. The van der Waals surface area contributed by atoms with Gasteiger partial charge in [0.2, 0.25) is 6.79 Å². The van der Waals surface area contributed by atoms with E-state index in [0.29, 0.717) is 75.0 Å². The third-order valence-electron chi connectivity index (χ3n) is 11.0. The number of hydrogen-bond donors (Lipinski definition) is 1. The molecule has 370 valence electrons. The maximum absolute atomic E-state index is 12.7. The van der Waals surface area contributed by atoms with Gasteiger partial charge in [0.15, 0.2) is 5.78 Å². The zero-order chi connectivity index (χ0) is 48.7. The first-order valence-electron chi connectivity index (χ1n) is 23.4. The van der Waals surface area contributed by atoms with Crippen molar-refractivity contribution in [3.05, 3.63) is 133 Å². The molecular weight excluding hydrogens is 887 g/mol. The monoisotopic (exact) mass is 957 g/mol. The SMILES string of the molecule is C=CCOCOCCCCCCOc1ccc(OCOc2ccc(OC(=O)c3ccc(OCCCCCCC(C=C)OO)cc3)cc2)cc1.CSc1ccc(C(=O)C(C)(C)N2CCOCC2)cc1. The van der Waals surface area contributed by atoms with E-state index < -0.39 is 11.5 Å². The van der Waals surface area contributed by atoms with E-state index in [1.54, 1.807) is 72.4 Å². The standard InChI is InChI=1S/C39H50O10.C15H21NO2S/c1-3-26-42-30-43-27-10-7-8-12-29-45-35-18-20-36(21-19-35)46-31-47-37-22-24-38(25-23-37)48-39(40)32-14-16-34(17-15-32)44-28-11-6-5-9-13-33(4-2)49-41;1-15(2,16-8-10-18-11-9-16)14(17)12-4-6-13(19-3)7-5-12/h3-4,14-25,33,41H,1-2,5-13,26-31H2;4-7H,8-11H2,1-3H3. The van der Waals surface area contributed by atoms with E-state index >= 15 is 0 Å². The van der Waals surface area contributed by atoms with Crippen molar-refractivity contribution >= 4 is 23.5 Å². The lowest BCUT2D eigenvalue weighted by atomic mass is 9.91. The van der Waals surface area contributed by atoms with Crippen molar-refractivity contribution in [2.45, 2.75) is 88.2 Å². The molecule has 1 aliphatic heterocycles. The molecule has 0 bridgehead atoms. The van der Waals surface area contributed by atoms with Gasteiger partial charge in [-0.25, -0.2) is 9.68 Å². The van der Waals surface area contributed by atoms with Gasteiger partial charge in [-0.3, -0.25) is 15.0 Å². The van der Waals surface area contributed by atoms with Gasteiger partial charge in [0.1, 0.15) is 41.6 Å². The lowest BCUT2D eigenvalue weighted by Crippen LogP contribution is -2.54. The molecule has 1 N–H and O–H groups in total. The predicted molar refractivity (Wildman–Crippen MR) is 267 cm³/mol. The van der Waals surface area contributed by atoms with E-state index in [4.69, 9.17) is 43.2 Å². The van der Waals surface area contributed by atoms with Gasteiger partial charge < -0.3 is 37.9 Å². The third-order valence-corrected chi connectivity index (χ3v) is 11.8. The number of hydrogen-bond acceptors (Lipinski definition) is 14. The van der Waals surface area contributed by atoms with Crippen LogP contribution in [0.3, 0.4) is 0 Å². The van der Waals surface area contributed by atoms with Gasteiger partial charge in [-0.1, -0.05) is 50.0 Å². The number of thioether (sulfide) groups is 1. The smallest absolute Gasteiger partial charge is 0.343 e. The molecule has 1 heterocycles. The molecule has 1 aliphatic rings. The van der Waals surface area contributed by atoms with Crippen molar-refractivity contribution in [1.29, 1.82) is 0 Å². The second-order valence-electron chi connectivity index (χ2n) is 16.4. The Hall–Kier alpha value is -5.19. The molecule has 4 aromatic carbocycles. The molecule has 5 rings (SSSR count). The second kappa shape index (κ2) is 32.5. The first-order valence-corrected chi connectivity index (χ1v) is 24.6. The first kappa shape index (κ1) is 55.4. The predicted octanol–water partition coefficient (Wildman–Crippen LogP) is 11.5. The van der Waals surface area contributed by atoms with Gasteiger partial charge in [-0.15, -0.1) is 24.9 Å². The van der Waals surface area contributed by atoms with Gasteiger partial charge in [-0.2, -0.15) is 0 Å². The van der Waals surface area contributed by atoms with Gasteiger partial charge in [0.05, 0.1) is 44.1 Å². The number of carbonyl (C=O) groups excluding carboxylic acids is 2. The average molecular weight is 958 g/mol. The minimum Gasteiger partial charge on any atom is -0.494 e. The Kier molecular flexibility index (Phi) is 26.5. The van der Waals surface area contributed by atoms with E-state index in [1.807, 2.05) is 68.6 Å². The van der Waals surface area contributed by atoms with Crippen molar-refractivity contribution in [1.82, 2.24) is 4.90 Å². The minimum atomic E-state index is -0.468. The molecule has 0 spiro atoms. The van der Waals surface area contributed by atoms with Crippen LogP contribution in [0.2, 0.25) is 0 Å². The molecule has 1 unspecified atom stereocenters. The summed E-state index contributed by atoms with van der Waals surface area (Å²) in [6.45, 7) is 17.1. The van der Waals surface area contributed by atoms with E-state index in [-0.39, 0.29) is 18.7 Å². The van der Waals surface area contributed by atoms with Gasteiger partial charge in [0, 0.05) is 30.2 Å². The summed E-state index contributed by atoms with van der Waals surface area (Å²) < 4.78 is 44.4. The number of ketones is 1. The highest BCUT2D eigenvalue weighted by molar-refractivity contribution is 7.98. The zero-order valence-corrected chi connectivity index (χ0v) is 40.9. The Morgan fingerprint density at radius 2 is 1.16 bits per heavy atom. The van der Waals surface area contributed by atoms with Crippen LogP contribution in [0, 0.1) is 0 Å². The summed E-state index contributed by atoms with van der Waals surface area (Å²) in [5.41, 5.74) is 0.739. The maximum atomic E-state index is 12.7. The van der Waals surface area contributed by atoms with Crippen LogP contribution >= 0.6 is 11.8 Å². The summed E-state index contributed by atoms with van der Waals surface area (Å²) in [5, 5.41) is 8.70. The van der Waals surface area contributed by atoms with Crippen LogP contribution < -0.4 is 23.7 Å². The fraction of sp³-hybridized carbons (Fsp3) is 0.444. The minimum absolute atomic E-state index is 0.0219. The van der Waals surface area contributed by atoms with Crippen LogP contribution in [0.15, 0.2) is 127 Å². The van der Waals surface area contributed by atoms with Gasteiger partial charge in [0.25, 0.3) is 0 Å². The molecule has 14 heteroatoms. The molecule has 4 aromatic rings. The highest BCUT2D eigenvalue weighted by Gasteiger charge is 2.35. The zero-order valence-electron chi connectivity index (χ0n) is 40.1. The Bertz CT molecular complexity index is 2000. The second-order valence-corrected chi connectivity index (χ2v) is 17.2. The number of morpholine rings is 1. The lowest BCUT2D eigenvalue weighted by molar-refractivity contribution is -0.267. The molecule has 0 aromatic heterocycles. The summed E-state index contributed by atoms with van der Waals surface area (Å²) in [6.07, 6.45) is 13.8. The number of ether oxygens (including phenoxy) is 8. The number of rotatable bonds is 32. The Labute approximate surface area is 407 Å². The van der Waals surface area contributed by atoms with Crippen LogP contribution in [-0.4, -0.2) is 106 Å². The molecule has 1 fully saturated rings. The molecule has 0 radical (unpaired) electrons. The Morgan fingerprint density at radius 1 is 0.662 bits per heavy atom. The van der Waals surface area contributed by atoms with Crippen LogP contribution in [0.1, 0.15) is 92.4 Å². The van der Waals surface area contributed by atoms with Crippen molar-refractivity contribution in [2.24, 2.45) is 0 Å². The van der Waals surface area contributed by atoms with Crippen molar-refractivity contribution in [3.63, 3.8) is 0 Å². The van der Waals surface area contributed by atoms with Crippen molar-refractivity contribution in [3.8, 4) is 28.7 Å². The summed E-state index contributed by atoms with van der Waals surface area (Å²) in [7, 11) is 0. The fourth-order valence-electron chi connectivity index (χ4n) is 6.92. The molecular formula is C54H71NO12S. The van der Waals surface area contributed by atoms with Gasteiger partial charge >= 0.3 is 5.97 Å². The van der Waals surface area contributed by atoms with Crippen LogP contribution in [0.5, 0.6) is 28.7 Å². The molecule has 0 saturated carbocycles. The largest absolute Gasteiger partial charge is 0.494 e. The normalized spacial score (nSPS) is 13.1. The molecule has 1 saturated heterocycles. The number of Topliss-reactive ketones (excluding diaryl/α,β-unsaturated/α-hetero) is 1. The van der Waals surface area contributed by atoms with Crippen LogP contribution in [0.4, 0.5) is 0 Å². The number of benzene rings is 4. The highest BCUT2D eigenvalue weighted by Crippen LogP contribution is 2.25. The maximum Gasteiger partial charge on any atom is 0.343 e. The quantitative estimate of drug-likeness (QED) is 0.00571. The van der Waals surface area contributed by atoms with E-state index in [0.717, 1.165) is 82.2 Å². The van der Waals surface area contributed by atoms with Crippen molar-refractivity contribution in [2.75, 3.05) is 72.6 Å². The van der Waals surface area contributed by atoms with Crippen molar-refractivity contribution < 1.29 is 57.6 Å². The lowest BCUT2D eigenvalue weighted by Gasteiger charge is -2.39. The van der Waals surface area contributed by atoms with E-state index in [9.17, 15) is 9.59 Å². The third kappa shape index (κ3) is 21.0. The average Bonchev–Trinajstić information content (AvgIpc) is 3.38. The summed E-state index contributed by atoms with van der Waals surface area (Å²) in [6, 6.07) is 28.9.